The van der Waals surface area contributed by atoms with Crippen molar-refractivity contribution in [2.75, 3.05) is 11.9 Å². The molecule has 25 heavy (non-hydrogen) atoms. The van der Waals surface area contributed by atoms with Crippen molar-refractivity contribution < 1.29 is 9.18 Å². The average Bonchev–Trinajstić information content (AvgIpc) is 2.53. The minimum absolute atomic E-state index is 0. The number of halogens is 2. The van der Waals surface area contributed by atoms with E-state index in [-0.39, 0.29) is 30.0 Å². The summed E-state index contributed by atoms with van der Waals surface area (Å²) in [7, 11) is 0. The lowest BCUT2D eigenvalue weighted by molar-refractivity contribution is -0.116. The molecule has 0 aliphatic heterocycles. The van der Waals surface area contributed by atoms with E-state index >= 15 is 0 Å². The lowest BCUT2D eigenvalue weighted by atomic mass is 9.97. The Hall–Kier alpha value is -1.91. The van der Waals surface area contributed by atoms with E-state index in [0.29, 0.717) is 12.8 Å². The van der Waals surface area contributed by atoms with Crippen LogP contribution in [0.3, 0.4) is 0 Å². The third kappa shape index (κ3) is 7.24. The number of anilines is 1. The van der Waals surface area contributed by atoms with Crippen molar-refractivity contribution in [1.82, 2.24) is 5.32 Å². The van der Waals surface area contributed by atoms with Crippen molar-refractivity contribution in [3.05, 3.63) is 65.5 Å². The van der Waals surface area contributed by atoms with E-state index in [2.05, 4.69) is 17.6 Å². The Morgan fingerprint density at radius 2 is 1.92 bits per heavy atom. The van der Waals surface area contributed by atoms with Crippen LogP contribution in [0, 0.1) is 11.7 Å². The van der Waals surface area contributed by atoms with Crippen LogP contribution >= 0.6 is 12.4 Å². The molecule has 1 unspecified atom stereocenters. The van der Waals surface area contributed by atoms with E-state index < -0.39 is 0 Å². The maximum atomic E-state index is 13.2. The van der Waals surface area contributed by atoms with Gasteiger partial charge in [0.25, 0.3) is 0 Å². The molecule has 2 aromatic carbocycles. The largest absolute Gasteiger partial charge is 0.326 e. The van der Waals surface area contributed by atoms with Gasteiger partial charge in [-0.05, 0) is 48.2 Å². The number of rotatable bonds is 8. The summed E-state index contributed by atoms with van der Waals surface area (Å²) in [4.78, 5) is 12.3. The van der Waals surface area contributed by atoms with Crippen LogP contribution in [0.5, 0.6) is 0 Å². The van der Waals surface area contributed by atoms with Gasteiger partial charge in [-0.15, -0.1) is 12.4 Å². The van der Waals surface area contributed by atoms with Crippen molar-refractivity contribution >= 4 is 24.0 Å². The highest BCUT2D eigenvalue weighted by atomic mass is 35.5. The second-order valence-corrected chi connectivity index (χ2v) is 6.13. The maximum Gasteiger partial charge on any atom is 0.224 e. The third-order valence-electron chi connectivity index (χ3n) is 3.86. The van der Waals surface area contributed by atoms with E-state index in [4.69, 9.17) is 0 Å². The molecular weight excluding hydrogens is 339 g/mol. The standard InChI is InChI=1S/C20H25FN2O.ClH/c1-3-22-14-17-8-4-5-10-19(17)23-20(24)12-15(2)11-16-7-6-9-18(21)13-16;/h4-10,13,15,22H,3,11-12,14H2,1-2H3,(H,23,24);1H. The molecule has 0 heterocycles. The zero-order valence-corrected chi connectivity index (χ0v) is 15.5. The molecule has 2 N–H and O–H groups in total. The molecular formula is C20H26ClFN2O. The van der Waals surface area contributed by atoms with Gasteiger partial charge < -0.3 is 10.6 Å². The SMILES string of the molecule is CCNCc1ccccc1NC(=O)CC(C)Cc1cccc(F)c1.Cl. The van der Waals surface area contributed by atoms with Crippen molar-refractivity contribution in [2.24, 2.45) is 5.92 Å². The van der Waals surface area contributed by atoms with Gasteiger partial charge in [0.2, 0.25) is 5.91 Å². The lowest BCUT2D eigenvalue weighted by Gasteiger charge is -2.14. The van der Waals surface area contributed by atoms with Crippen molar-refractivity contribution in [3.8, 4) is 0 Å². The first-order valence-corrected chi connectivity index (χ1v) is 8.41. The molecule has 136 valence electrons. The summed E-state index contributed by atoms with van der Waals surface area (Å²) in [6.07, 6.45) is 1.09. The summed E-state index contributed by atoms with van der Waals surface area (Å²) in [5, 5.41) is 6.26. The van der Waals surface area contributed by atoms with Gasteiger partial charge in [-0.25, -0.2) is 4.39 Å². The fraction of sp³-hybridized carbons (Fsp3) is 0.350. The Labute approximate surface area is 155 Å². The topological polar surface area (TPSA) is 41.1 Å². The van der Waals surface area contributed by atoms with E-state index in [1.807, 2.05) is 37.3 Å². The van der Waals surface area contributed by atoms with Gasteiger partial charge in [-0.1, -0.05) is 44.2 Å². The van der Waals surface area contributed by atoms with E-state index in [9.17, 15) is 9.18 Å². The molecule has 3 nitrogen and oxygen atoms in total. The van der Waals surface area contributed by atoms with Crippen LogP contribution in [0.25, 0.3) is 0 Å². The Morgan fingerprint density at radius 3 is 2.64 bits per heavy atom. The number of amides is 1. The predicted octanol–water partition coefficient (Wildman–Crippen LogP) is 4.56. The molecule has 0 aliphatic rings. The van der Waals surface area contributed by atoms with Crippen molar-refractivity contribution in [3.63, 3.8) is 0 Å². The summed E-state index contributed by atoms with van der Waals surface area (Å²) in [6.45, 7) is 5.67. The fourth-order valence-corrected chi connectivity index (χ4v) is 2.71. The molecule has 2 rings (SSSR count). The van der Waals surface area contributed by atoms with Gasteiger partial charge in [-0.3, -0.25) is 4.79 Å². The summed E-state index contributed by atoms with van der Waals surface area (Å²) in [5.41, 5.74) is 2.84. The normalized spacial score (nSPS) is 11.5. The first-order chi connectivity index (χ1) is 11.6. The quantitative estimate of drug-likeness (QED) is 0.720. The molecule has 1 atom stereocenters. The van der Waals surface area contributed by atoms with Gasteiger partial charge in [0, 0.05) is 18.7 Å². The van der Waals surface area contributed by atoms with Gasteiger partial charge in [0.15, 0.2) is 0 Å². The molecule has 0 aromatic heterocycles. The third-order valence-corrected chi connectivity index (χ3v) is 3.86. The van der Waals surface area contributed by atoms with Crippen molar-refractivity contribution in [2.45, 2.75) is 33.2 Å². The van der Waals surface area contributed by atoms with Gasteiger partial charge >= 0.3 is 0 Å². The number of carbonyl (C=O) groups is 1. The molecule has 0 fully saturated rings. The summed E-state index contributed by atoms with van der Waals surface area (Å²) >= 11 is 0. The summed E-state index contributed by atoms with van der Waals surface area (Å²) in [6, 6.07) is 14.4. The number of carbonyl (C=O) groups excluding carboxylic acids is 1. The molecule has 5 heteroatoms. The van der Waals surface area contributed by atoms with Crippen LogP contribution in [0.2, 0.25) is 0 Å². The molecule has 1 amide bonds. The number of hydrogen-bond acceptors (Lipinski definition) is 2. The van der Waals surface area contributed by atoms with Gasteiger partial charge in [-0.2, -0.15) is 0 Å². The monoisotopic (exact) mass is 364 g/mol. The summed E-state index contributed by atoms with van der Waals surface area (Å²) in [5.74, 6) is -0.0999. The second-order valence-electron chi connectivity index (χ2n) is 6.13. The van der Waals surface area contributed by atoms with E-state index in [1.54, 1.807) is 6.07 Å². The number of hydrogen-bond donors (Lipinski definition) is 2. The van der Waals surface area contributed by atoms with Gasteiger partial charge in [0.1, 0.15) is 5.82 Å². The smallest absolute Gasteiger partial charge is 0.224 e. The molecule has 2 aromatic rings. The molecule has 0 radical (unpaired) electrons. The average molecular weight is 365 g/mol. The summed E-state index contributed by atoms with van der Waals surface area (Å²) < 4.78 is 13.2. The van der Waals surface area contributed by atoms with Gasteiger partial charge in [0.05, 0.1) is 0 Å². The highest BCUT2D eigenvalue weighted by Gasteiger charge is 2.12. The van der Waals surface area contributed by atoms with Crippen molar-refractivity contribution in [1.29, 1.82) is 0 Å². The maximum absolute atomic E-state index is 13.2. The zero-order valence-electron chi connectivity index (χ0n) is 14.7. The Bertz CT molecular complexity index is 678. The van der Waals surface area contributed by atoms with Crippen LogP contribution in [-0.2, 0) is 17.8 Å². The number of benzene rings is 2. The number of para-hydroxylation sites is 1. The fourth-order valence-electron chi connectivity index (χ4n) is 2.71. The van der Waals surface area contributed by atoms with Crippen LogP contribution in [-0.4, -0.2) is 12.5 Å². The molecule has 0 spiro atoms. The first-order valence-electron chi connectivity index (χ1n) is 8.41. The minimum atomic E-state index is -0.235. The van der Waals surface area contributed by atoms with E-state index in [1.165, 1.54) is 12.1 Å². The molecule has 0 aliphatic carbocycles. The lowest BCUT2D eigenvalue weighted by Crippen LogP contribution is -2.19. The van der Waals surface area contributed by atoms with Crippen LogP contribution in [0.4, 0.5) is 10.1 Å². The molecule has 0 saturated heterocycles. The highest BCUT2D eigenvalue weighted by Crippen LogP contribution is 2.17. The second kappa shape index (κ2) is 10.9. The van der Waals surface area contributed by atoms with Crippen LogP contribution in [0.15, 0.2) is 48.5 Å². The first kappa shape index (κ1) is 21.1. The van der Waals surface area contributed by atoms with Crippen LogP contribution in [0.1, 0.15) is 31.4 Å². The molecule has 0 saturated carbocycles. The zero-order chi connectivity index (χ0) is 17.4. The molecule has 0 bridgehead atoms. The Kier molecular flexibility index (Phi) is 9.17. The minimum Gasteiger partial charge on any atom is -0.326 e. The highest BCUT2D eigenvalue weighted by molar-refractivity contribution is 5.91. The Balaban J connectivity index is 0.00000312. The van der Waals surface area contributed by atoms with E-state index in [0.717, 1.165) is 29.9 Å². The predicted molar refractivity (Wildman–Crippen MR) is 104 cm³/mol. The van der Waals surface area contributed by atoms with Crippen LogP contribution < -0.4 is 10.6 Å². The Morgan fingerprint density at radius 1 is 1.16 bits per heavy atom. The number of nitrogens with one attached hydrogen (secondary N) is 2.